The largest absolute Gasteiger partial charge is 0.345 e. The summed E-state index contributed by atoms with van der Waals surface area (Å²) in [6.45, 7) is 1.95. The van der Waals surface area contributed by atoms with Crippen molar-refractivity contribution >= 4 is 40.6 Å². The predicted molar refractivity (Wildman–Crippen MR) is 114 cm³/mol. The lowest BCUT2D eigenvalue weighted by Gasteiger charge is -2.20. The summed E-state index contributed by atoms with van der Waals surface area (Å²) in [6.07, 6.45) is 0. The normalized spacial score (nSPS) is 18.3. The Bertz CT molecular complexity index is 1160. The van der Waals surface area contributed by atoms with Gasteiger partial charge in [0, 0.05) is 17.7 Å². The number of carbonyl (C=O) groups excluding carboxylic acids is 3. The van der Waals surface area contributed by atoms with Gasteiger partial charge in [-0.05, 0) is 31.2 Å². The predicted octanol–water partition coefficient (Wildman–Crippen LogP) is 2.19. The number of aromatic nitrogens is 2. The summed E-state index contributed by atoms with van der Waals surface area (Å²) >= 11 is 1.35. The highest BCUT2D eigenvalue weighted by Crippen LogP contribution is 2.27. The molecule has 30 heavy (non-hydrogen) atoms. The quantitative estimate of drug-likeness (QED) is 0.416. The number of imidazole rings is 1. The molecule has 0 unspecified atom stereocenters. The first kappa shape index (κ1) is 20.0. The van der Waals surface area contributed by atoms with E-state index in [4.69, 9.17) is 0 Å². The second kappa shape index (κ2) is 7.83. The van der Waals surface area contributed by atoms with Crippen molar-refractivity contribution in [3.63, 3.8) is 0 Å². The number of carbonyl (C=O) groups is 3. The molecule has 0 saturated carbocycles. The van der Waals surface area contributed by atoms with Gasteiger partial charge in [0.2, 0.25) is 0 Å². The molecule has 0 aliphatic carbocycles. The zero-order valence-corrected chi connectivity index (χ0v) is 17.4. The number of amides is 4. The van der Waals surface area contributed by atoms with Crippen LogP contribution in [-0.2, 0) is 18.4 Å². The van der Waals surface area contributed by atoms with E-state index in [1.807, 2.05) is 48.0 Å². The van der Waals surface area contributed by atoms with Crippen molar-refractivity contribution < 1.29 is 14.4 Å². The van der Waals surface area contributed by atoms with Gasteiger partial charge in [0.05, 0.1) is 23.1 Å². The number of aryl methyl sites for hydroxylation is 1. The first-order valence-electron chi connectivity index (χ1n) is 9.41. The summed E-state index contributed by atoms with van der Waals surface area (Å²) in [5.41, 5.74) is 1.38. The minimum atomic E-state index is -1.02. The van der Waals surface area contributed by atoms with E-state index in [0.29, 0.717) is 17.9 Å². The van der Waals surface area contributed by atoms with Crippen molar-refractivity contribution in [2.75, 3.05) is 5.75 Å². The average molecular weight is 423 g/mol. The number of hydrogen-bond acceptors (Lipinski definition) is 5. The van der Waals surface area contributed by atoms with Crippen LogP contribution in [0.3, 0.4) is 0 Å². The maximum absolute atomic E-state index is 12.8. The maximum Gasteiger partial charge on any atom is 0.322 e. The van der Waals surface area contributed by atoms with Gasteiger partial charge < -0.3 is 15.2 Å². The van der Waals surface area contributed by atoms with E-state index in [2.05, 4.69) is 20.9 Å². The Balaban J connectivity index is 1.46. The molecular formula is C21H21N5O3S. The average Bonchev–Trinajstić information content (AvgIpc) is 3.20. The van der Waals surface area contributed by atoms with Crippen LogP contribution < -0.4 is 16.0 Å². The van der Waals surface area contributed by atoms with E-state index >= 15 is 0 Å². The number of thioether (sulfide) groups is 1. The summed E-state index contributed by atoms with van der Waals surface area (Å²) in [5.74, 6) is 0.464. The Morgan fingerprint density at radius 2 is 1.90 bits per heavy atom. The van der Waals surface area contributed by atoms with E-state index in [0.717, 1.165) is 21.8 Å². The number of benzene rings is 2. The molecule has 3 aromatic rings. The van der Waals surface area contributed by atoms with Crippen LogP contribution in [0.4, 0.5) is 4.79 Å². The van der Waals surface area contributed by atoms with Crippen molar-refractivity contribution in [3.8, 4) is 0 Å². The monoisotopic (exact) mass is 423 g/mol. The van der Waals surface area contributed by atoms with Crippen molar-refractivity contribution in [1.82, 2.24) is 25.5 Å². The second-order valence-electron chi connectivity index (χ2n) is 7.28. The second-order valence-corrected chi connectivity index (χ2v) is 8.30. The third-order valence-electron chi connectivity index (χ3n) is 5.05. The van der Waals surface area contributed by atoms with E-state index in [9.17, 15) is 14.4 Å². The Hall–Kier alpha value is -3.33. The highest BCUT2D eigenvalue weighted by Gasteiger charge is 2.41. The number of urea groups is 1. The number of nitrogens with one attached hydrogen (secondary N) is 3. The van der Waals surface area contributed by atoms with Gasteiger partial charge in [0.1, 0.15) is 11.4 Å². The minimum Gasteiger partial charge on any atom is -0.345 e. The number of hydrogen-bond donors (Lipinski definition) is 3. The number of para-hydroxylation sites is 2. The lowest BCUT2D eigenvalue weighted by molar-refractivity contribution is -0.122. The molecular weight excluding hydrogens is 402 g/mol. The van der Waals surface area contributed by atoms with Crippen molar-refractivity contribution in [2.45, 2.75) is 23.9 Å². The Kier molecular flexibility index (Phi) is 5.21. The fourth-order valence-corrected chi connectivity index (χ4v) is 4.43. The molecule has 3 N–H and O–H groups in total. The van der Waals surface area contributed by atoms with Crippen LogP contribution in [0.25, 0.3) is 11.0 Å². The molecule has 1 atom stereocenters. The molecule has 0 spiro atoms. The molecule has 4 rings (SSSR count). The fraction of sp³-hybridized carbons (Fsp3) is 0.238. The summed E-state index contributed by atoms with van der Waals surface area (Å²) in [5, 5.41) is 7.80. The molecule has 4 amide bonds. The zero-order valence-electron chi connectivity index (χ0n) is 16.6. The molecule has 0 radical (unpaired) electrons. The van der Waals surface area contributed by atoms with Crippen molar-refractivity contribution in [1.29, 1.82) is 0 Å². The zero-order chi connectivity index (χ0) is 21.3. The maximum atomic E-state index is 12.8. The first-order valence-corrected chi connectivity index (χ1v) is 10.4. The number of fused-ring (bicyclic) bond motifs is 1. The molecule has 1 aliphatic heterocycles. The molecule has 1 fully saturated rings. The van der Waals surface area contributed by atoms with Crippen LogP contribution >= 0.6 is 11.8 Å². The molecule has 2 heterocycles. The molecule has 154 valence electrons. The van der Waals surface area contributed by atoms with Gasteiger partial charge in [-0.15, -0.1) is 11.8 Å². The summed E-state index contributed by atoms with van der Waals surface area (Å²) in [7, 11) is 1.92. The summed E-state index contributed by atoms with van der Waals surface area (Å²) in [6, 6.07) is 14.5. The summed E-state index contributed by atoms with van der Waals surface area (Å²) in [4.78, 5) is 41.6. The Labute approximate surface area is 177 Å². The molecule has 2 aromatic carbocycles. The van der Waals surface area contributed by atoms with Crippen LogP contribution in [0.1, 0.15) is 23.1 Å². The van der Waals surface area contributed by atoms with Crippen LogP contribution in [-0.4, -0.2) is 38.7 Å². The van der Waals surface area contributed by atoms with Crippen LogP contribution in [0.2, 0.25) is 0 Å². The highest BCUT2D eigenvalue weighted by atomic mass is 32.2. The standard InChI is InChI=1S/C21H21N5O3S/c1-21(19(28)24-20(29)25-21)12-30-16-10-6-3-7-13(16)18(27)22-11-17-23-14-8-4-5-9-15(14)26(17)2/h3-10H,11-12H2,1-2H3,(H,22,27)(H2,24,25,28,29)/t21-/m0/s1. The van der Waals surface area contributed by atoms with E-state index < -0.39 is 11.6 Å². The Morgan fingerprint density at radius 3 is 2.63 bits per heavy atom. The van der Waals surface area contributed by atoms with Crippen molar-refractivity contribution in [2.24, 2.45) is 7.05 Å². The molecule has 9 heteroatoms. The number of nitrogens with zero attached hydrogens (tertiary/aromatic N) is 2. The smallest absolute Gasteiger partial charge is 0.322 e. The van der Waals surface area contributed by atoms with E-state index in [1.54, 1.807) is 19.1 Å². The van der Waals surface area contributed by atoms with Gasteiger partial charge in [-0.2, -0.15) is 0 Å². The molecule has 1 aromatic heterocycles. The third kappa shape index (κ3) is 3.76. The van der Waals surface area contributed by atoms with Crippen LogP contribution in [0.15, 0.2) is 53.4 Å². The Morgan fingerprint density at radius 1 is 1.17 bits per heavy atom. The third-order valence-corrected chi connectivity index (χ3v) is 6.44. The van der Waals surface area contributed by atoms with Gasteiger partial charge in [0.25, 0.3) is 11.8 Å². The van der Waals surface area contributed by atoms with Gasteiger partial charge in [-0.25, -0.2) is 9.78 Å². The minimum absolute atomic E-state index is 0.227. The first-order chi connectivity index (χ1) is 14.4. The topological polar surface area (TPSA) is 105 Å². The summed E-state index contributed by atoms with van der Waals surface area (Å²) < 4.78 is 1.96. The van der Waals surface area contributed by atoms with Gasteiger partial charge in [-0.3, -0.25) is 14.9 Å². The highest BCUT2D eigenvalue weighted by molar-refractivity contribution is 7.99. The van der Waals surface area contributed by atoms with Gasteiger partial charge in [-0.1, -0.05) is 24.3 Å². The molecule has 0 bridgehead atoms. The van der Waals surface area contributed by atoms with E-state index in [1.165, 1.54) is 11.8 Å². The van der Waals surface area contributed by atoms with Gasteiger partial charge >= 0.3 is 6.03 Å². The lowest BCUT2D eigenvalue weighted by Crippen LogP contribution is -2.46. The lowest BCUT2D eigenvalue weighted by atomic mass is 10.1. The van der Waals surface area contributed by atoms with Crippen molar-refractivity contribution in [3.05, 3.63) is 59.9 Å². The SMILES string of the molecule is Cn1c(CNC(=O)c2ccccc2SC[C@]2(C)NC(=O)NC2=O)nc2ccccc21. The van der Waals surface area contributed by atoms with E-state index in [-0.39, 0.29) is 11.8 Å². The number of imide groups is 1. The fourth-order valence-electron chi connectivity index (χ4n) is 3.29. The molecule has 8 nitrogen and oxygen atoms in total. The molecule has 1 saturated heterocycles. The van der Waals surface area contributed by atoms with Crippen LogP contribution in [0, 0.1) is 0 Å². The number of rotatable bonds is 6. The molecule has 1 aliphatic rings. The van der Waals surface area contributed by atoms with Gasteiger partial charge in [0.15, 0.2) is 0 Å². The van der Waals surface area contributed by atoms with Crippen LogP contribution in [0.5, 0.6) is 0 Å².